The number of likely N-dealkylation sites (tertiary alicyclic amines) is 1. The van der Waals surface area contributed by atoms with Crippen LogP contribution in [0.25, 0.3) is 10.9 Å². The molecule has 0 spiro atoms. The first-order chi connectivity index (χ1) is 15.7. The molecule has 0 aliphatic carbocycles. The van der Waals surface area contributed by atoms with Gasteiger partial charge in [-0.25, -0.2) is 4.39 Å². The fraction of sp³-hybridized carbons (Fsp3) is 0.417. The summed E-state index contributed by atoms with van der Waals surface area (Å²) in [5.74, 6) is 1.81. The largest absolute Gasteiger partial charge is 0.497 e. The number of halogens is 1. The number of nitrogens with zero attached hydrogens (tertiary/aromatic N) is 3. The molecule has 2 aromatic heterocycles. The molecule has 0 atom stereocenters. The van der Waals surface area contributed by atoms with Crippen LogP contribution < -0.4 is 4.74 Å². The van der Waals surface area contributed by atoms with E-state index in [9.17, 15) is 9.60 Å². The maximum atomic E-state index is 14.7. The number of thiophene rings is 1. The van der Waals surface area contributed by atoms with Crippen molar-refractivity contribution >= 4 is 39.7 Å². The molecule has 1 saturated heterocycles. The van der Waals surface area contributed by atoms with Crippen molar-refractivity contribution in [3.05, 3.63) is 53.3 Å². The Kier molecular flexibility index (Phi) is 8.00. The van der Waals surface area contributed by atoms with Gasteiger partial charge >= 0.3 is 0 Å². The lowest BCUT2D eigenvalue weighted by Crippen LogP contribution is -2.35. The molecule has 32 heavy (non-hydrogen) atoms. The second-order valence-electron chi connectivity index (χ2n) is 8.02. The van der Waals surface area contributed by atoms with Gasteiger partial charge in [0.15, 0.2) is 5.82 Å². The second-order valence-corrected chi connectivity index (χ2v) is 10.4. The molecule has 1 N–H and O–H groups in total. The number of fused-ring (bicyclic) bond motifs is 1. The lowest BCUT2D eigenvalue weighted by molar-refractivity contribution is 0.189. The van der Waals surface area contributed by atoms with Gasteiger partial charge in [-0.15, -0.1) is 23.1 Å². The molecule has 1 aromatic carbocycles. The molecule has 3 aromatic rings. The van der Waals surface area contributed by atoms with Crippen molar-refractivity contribution < 1.29 is 14.3 Å². The lowest BCUT2D eigenvalue weighted by Gasteiger charge is -2.31. The van der Waals surface area contributed by atoms with Gasteiger partial charge in [0.2, 0.25) is 0 Å². The number of ether oxygens (including phenoxy) is 1. The van der Waals surface area contributed by atoms with E-state index in [1.54, 1.807) is 36.6 Å². The highest BCUT2D eigenvalue weighted by molar-refractivity contribution is 8.01. The molecule has 0 saturated carbocycles. The number of hydrogen-bond acceptors (Lipinski definition) is 7. The second kappa shape index (κ2) is 11.1. The van der Waals surface area contributed by atoms with Crippen molar-refractivity contribution in [2.45, 2.75) is 29.9 Å². The van der Waals surface area contributed by atoms with E-state index in [4.69, 9.17) is 4.74 Å². The molecule has 0 unspecified atom stereocenters. The Bertz CT molecular complexity index is 1050. The van der Waals surface area contributed by atoms with E-state index in [2.05, 4.69) is 32.6 Å². The van der Waals surface area contributed by atoms with Crippen LogP contribution in [0, 0.1) is 11.7 Å². The number of pyridine rings is 1. The van der Waals surface area contributed by atoms with Gasteiger partial charge in [0.25, 0.3) is 0 Å². The van der Waals surface area contributed by atoms with Crippen LogP contribution in [0.2, 0.25) is 0 Å². The van der Waals surface area contributed by atoms with Crippen LogP contribution >= 0.6 is 23.1 Å². The third-order valence-corrected chi connectivity index (χ3v) is 8.19. The minimum Gasteiger partial charge on any atom is -0.497 e. The van der Waals surface area contributed by atoms with E-state index in [1.807, 2.05) is 11.8 Å². The Labute approximate surface area is 196 Å². The van der Waals surface area contributed by atoms with Gasteiger partial charge in [-0.3, -0.25) is 4.98 Å². The summed E-state index contributed by atoms with van der Waals surface area (Å²) >= 11 is 3.72. The highest BCUT2D eigenvalue weighted by Crippen LogP contribution is 2.29. The molecule has 8 heteroatoms. The number of aromatic nitrogens is 1. The molecule has 5 nitrogen and oxygen atoms in total. The maximum Gasteiger partial charge on any atom is 0.151 e. The summed E-state index contributed by atoms with van der Waals surface area (Å²) in [4.78, 5) is 6.69. The van der Waals surface area contributed by atoms with Crippen LogP contribution in [0.3, 0.4) is 0 Å². The number of hydrogen-bond donors (Lipinski definition) is 1. The van der Waals surface area contributed by atoms with E-state index in [-0.39, 0.29) is 0 Å². The number of oxime groups is 1. The molecule has 170 valence electrons. The fourth-order valence-electron chi connectivity index (χ4n) is 4.25. The Morgan fingerprint density at radius 3 is 2.91 bits per heavy atom. The van der Waals surface area contributed by atoms with Crippen LogP contribution in [0.15, 0.2) is 51.3 Å². The van der Waals surface area contributed by atoms with Gasteiger partial charge in [0.1, 0.15) is 5.75 Å². The van der Waals surface area contributed by atoms with Crippen LogP contribution in [0.1, 0.15) is 31.2 Å². The highest BCUT2D eigenvalue weighted by Gasteiger charge is 2.22. The van der Waals surface area contributed by atoms with Crippen molar-refractivity contribution in [1.29, 1.82) is 0 Å². The summed E-state index contributed by atoms with van der Waals surface area (Å²) < 4.78 is 21.4. The first kappa shape index (κ1) is 23.0. The maximum absolute atomic E-state index is 14.7. The normalized spacial score (nSPS) is 16.0. The SMILES string of the molecule is COc1ccc2ncc(F)c(/C(CCC3CCN(CCSc4cccs4)CC3)=N/O)c2c1. The van der Waals surface area contributed by atoms with Crippen molar-refractivity contribution in [3.8, 4) is 5.75 Å². The van der Waals surface area contributed by atoms with Crippen LogP contribution in [-0.4, -0.2) is 53.3 Å². The number of methoxy groups -OCH3 is 1. The molecule has 1 aliphatic heterocycles. The average molecular weight is 474 g/mol. The van der Waals surface area contributed by atoms with E-state index in [0.29, 0.717) is 40.3 Å². The van der Waals surface area contributed by atoms with Crippen LogP contribution in [0.4, 0.5) is 4.39 Å². The van der Waals surface area contributed by atoms with Gasteiger partial charge in [0, 0.05) is 23.2 Å². The topological polar surface area (TPSA) is 58.0 Å². The molecule has 1 aliphatic rings. The van der Waals surface area contributed by atoms with Gasteiger partial charge in [-0.2, -0.15) is 0 Å². The zero-order valence-corrected chi connectivity index (χ0v) is 19.8. The molecular weight excluding hydrogens is 445 g/mol. The van der Waals surface area contributed by atoms with Crippen LogP contribution in [-0.2, 0) is 0 Å². The molecule has 0 bridgehead atoms. The quantitative estimate of drug-likeness (QED) is 0.181. The monoisotopic (exact) mass is 473 g/mol. The van der Waals surface area contributed by atoms with Gasteiger partial charge < -0.3 is 14.8 Å². The summed E-state index contributed by atoms with van der Waals surface area (Å²) in [5, 5.41) is 15.9. The number of piperidine rings is 1. The number of rotatable bonds is 9. The van der Waals surface area contributed by atoms with E-state index in [0.717, 1.165) is 44.6 Å². The molecule has 4 rings (SSSR count). The Hall–Kier alpha value is -2.16. The van der Waals surface area contributed by atoms with Crippen LogP contribution in [0.5, 0.6) is 5.75 Å². The van der Waals surface area contributed by atoms with Crippen molar-refractivity contribution in [1.82, 2.24) is 9.88 Å². The van der Waals surface area contributed by atoms with E-state index in [1.165, 1.54) is 10.4 Å². The summed E-state index contributed by atoms with van der Waals surface area (Å²) in [6, 6.07) is 9.60. The number of benzene rings is 1. The molecule has 0 radical (unpaired) electrons. The summed E-state index contributed by atoms with van der Waals surface area (Å²) in [5.41, 5.74) is 1.34. The molecule has 3 heterocycles. The summed E-state index contributed by atoms with van der Waals surface area (Å²) in [7, 11) is 1.57. The third kappa shape index (κ3) is 5.60. The zero-order chi connectivity index (χ0) is 22.3. The minimum atomic E-state index is -0.475. The van der Waals surface area contributed by atoms with Gasteiger partial charge in [-0.05, 0) is 74.3 Å². The standard InChI is InChI=1S/C24H28FN3O2S2/c1-30-18-5-7-21-19(15-18)24(20(25)16-26-21)22(27-29)6-4-17-8-10-28(11-9-17)12-14-32-23-3-2-13-31-23/h2-3,5,7,13,15-17,29H,4,6,8-12,14H2,1H3/b27-22+. The van der Waals surface area contributed by atoms with Crippen molar-refractivity contribution in [3.63, 3.8) is 0 Å². The zero-order valence-electron chi connectivity index (χ0n) is 18.2. The highest BCUT2D eigenvalue weighted by atomic mass is 32.2. The first-order valence-corrected chi connectivity index (χ1v) is 12.8. The Morgan fingerprint density at radius 2 is 2.19 bits per heavy atom. The van der Waals surface area contributed by atoms with Crippen molar-refractivity contribution in [2.24, 2.45) is 11.1 Å². The third-order valence-electron chi connectivity index (χ3n) is 6.08. The number of thioether (sulfide) groups is 1. The lowest BCUT2D eigenvalue weighted by atomic mass is 9.89. The van der Waals surface area contributed by atoms with E-state index < -0.39 is 5.82 Å². The Morgan fingerprint density at radius 1 is 1.34 bits per heavy atom. The van der Waals surface area contributed by atoms with Gasteiger partial charge in [0.05, 0.1) is 28.7 Å². The summed E-state index contributed by atoms with van der Waals surface area (Å²) in [6.45, 7) is 3.28. The predicted molar refractivity (Wildman–Crippen MR) is 130 cm³/mol. The van der Waals surface area contributed by atoms with Crippen molar-refractivity contribution in [2.75, 3.05) is 32.5 Å². The fourth-order valence-corrected chi connectivity index (χ4v) is 6.12. The summed E-state index contributed by atoms with van der Waals surface area (Å²) in [6.07, 6.45) is 4.85. The van der Waals surface area contributed by atoms with E-state index >= 15 is 0 Å². The molecule has 1 fully saturated rings. The molecular formula is C24H28FN3O2S2. The Balaban J connectivity index is 1.32. The smallest absolute Gasteiger partial charge is 0.151 e. The van der Waals surface area contributed by atoms with Gasteiger partial charge in [-0.1, -0.05) is 11.2 Å². The average Bonchev–Trinajstić information content (AvgIpc) is 3.34. The first-order valence-electron chi connectivity index (χ1n) is 10.9. The molecule has 0 amide bonds. The minimum absolute atomic E-state index is 0.319. The predicted octanol–water partition coefficient (Wildman–Crippen LogP) is 5.91.